The van der Waals surface area contributed by atoms with Gasteiger partial charge in [-0.25, -0.2) is 4.79 Å². The molecular weight excluding hydrogens is 232 g/mol. The van der Waals surface area contributed by atoms with Crippen LogP contribution in [0.5, 0.6) is 0 Å². The lowest BCUT2D eigenvalue weighted by Crippen LogP contribution is -2.27. The standard InChI is InChI=1S/C9H12N2O4S/c12-4-6-5(13)3-8(15-6)11-2-1-7(16)10-9(11)14/h1-2,5-6,8,12-13H,3-4H2,(H,10,14,16)/t5-,6+,8?/m0/s1. The predicted molar refractivity (Wildman–Crippen MR) is 57.5 cm³/mol. The van der Waals surface area contributed by atoms with E-state index in [1.807, 2.05) is 0 Å². The molecule has 88 valence electrons. The van der Waals surface area contributed by atoms with Crippen molar-refractivity contribution < 1.29 is 14.9 Å². The largest absolute Gasteiger partial charge is 0.394 e. The van der Waals surface area contributed by atoms with Crippen LogP contribution in [-0.4, -0.2) is 38.6 Å². The molecule has 0 amide bonds. The molecular formula is C9H12N2O4S. The molecule has 6 nitrogen and oxygen atoms in total. The summed E-state index contributed by atoms with van der Waals surface area (Å²) in [6.45, 7) is -0.269. The number of hydrogen-bond acceptors (Lipinski definition) is 5. The minimum atomic E-state index is -0.759. The summed E-state index contributed by atoms with van der Waals surface area (Å²) in [6.07, 6.45) is -0.176. The number of H-pyrrole nitrogens is 1. The Kier molecular flexibility index (Phi) is 3.20. The van der Waals surface area contributed by atoms with E-state index in [0.29, 0.717) is 4.64 Å². The predicted octanol–water partition coefficient (Wildman–Crippen LogP) is -0.453. The number of nitrogens with zero attached hydrogens (tertiary/aromatic N) is 1. The molecule has 0 aliphatic carbocycles. The molecule has 0 radical (unpaired) electrons. The van der Waals surface area contributed by atoms with Gasteiger partial charge in [-0.2, -0.15) is 0 Å². The molecule has 0 spiro atoms. The van der Waals surface area contributed by atoms with E-state index < -0.39 is 18.4 Å². The average Bonchev–Trinajstić information content (AvgIpc) is 2.59. The highest BCUT2D eigenvalue weighted by Gasteiger charge is 2.34. The normalized spacial score (nSPS) is 29.5. The lowest BCUT2D eigenvalue weighted by molar-refractivity contribution is -0.0459. The number of nitrogens with one attached hydrogen (secondary N) is 1. The van der Waals surface area contributed by atoms with E-state index in [0.717, 1.165) is 0 Å². The first-order valence-corrected chi connectivity index (χ1v) is 5.28. The van der Waals surface area contributed by atoms with Gasteiger partial charge in [-0.15, -0.1) is 0 Å². The van der Waals surface area contributed by atoms with Crippen molar-refractivity contribution in [3.63, 3.8) is 0 Å². The van der Waals surface area contributed by atoms with Crippen LogP contribution in [-0.2, 0) is 4.74 Å². The van der Waals surface area contributed by atoms with Crippen LogP contribution in [0.1, 0.15) is 12.6 Å². The van der Waals surface area contributed by atoms with Crippen molar-refractivity contribution in [2.45, 2.75) is 24.9 Å². The lowest BCUT2D eigenvalue weighted by Gasteiger charge is -2.13. The van der Waals surface area contributed by atoms with Crippen LogP contribution in [0.4, 0.5) is 0 Å². The molecule has 7 heteroatoms. The first kappa shape index (κ1) is 11.5. The minimum Gasteiger partial charge on any atom is -0.394 e. The highest BCUT2D eigenvalue weighted by molar-refractivity contribution is 7.71. The molecule has 1 fully saturated rings. The molecule has 1 aliphatic rings. The number of rotatable bonds is 2. The number of aliphatic hydroxyl groups excluding tert-OH is 2. The fourth-order valence-corrected chi connectivity index (χ4v) is 1.85. The second-order valence-electron chi connectivity index (χ2n) is 3.63. The molecule has 2 rings (SSSR count). The van der Waals surface area contributed by atoms with Crippen LogP contribution in [0.25, 0.3) is 0 Å². The molecule has 2 heterocycles. The van der Waals surface area contributed by atoms with Crippen molar-refractivity contribution in [2.24, 2.45) is 0 Å². The topological polar surface area (TPSA) is 87.5 Å². The summed E-state index contributed by atoms with van der Waals surface area (Å²) in [5.41, 5.74) is -0.386. The summed E-state index contributed by atoms with van der Waals surface area (Å²) < 4.78 is 7.00. The van der Waals surface area contributed by atoms with Crippen molar-refractivity contribution >= 4 is 12.2 Å². The molecule has 3 N–H and O–H groups in total. The van der Waals surface area contributed by atoms with Gasteiger partial charge < -0.3 is 14.9 Å². The van der Waals surface area contributed by atoms with Crippen LogP contribution >= 0.6 is 12.2 Å². The van der Waals surface area contributed by atoms with Crippen molar-refractivity contribution in [3.05, 3.63) is 27.4 Å². The Hall–Kier alpha value is -1.02. The van der Waals surface area contributed by atoms with Crippen LogP contribution < -0.4 is 5.69 Å². The van der Waals surface area contributed by atoms with Crippen molar-refractivity contribution in [1.29, 1.82) is 0 Å². The minimum absolute atomic E-state index is 0.269. The zero-order valence-corrected chi connectivity index (χ0v) is 9.18. The van der Waals surface area contributed by atoms with Gasteiger partial charge in [0.15, 0.2) is 0 Å². The van der Waals surface area contributed by atoms with Gasteiger partial charge in [-0.05, 0) is 6.07 Å². The van der Waals surface area contributed by atoms with Gasteiger partial charge in [0, 0.05) is 12.6 Å². The molecule has 0 bridgehead atoms. The van der Waals surface area contributed by atoms with Crippen LogP contribution in [0, 0.1) is 4.64 Å². The fourth-order valence-electron chi connectivity index (χ4n) is 1.70. The molecule has 16 heavy (non-hydrogen) atoms. The Bertz CT molecular complexity index is 483. The second kappa shape index (κ2) is 4.46. The van der Waals surface area contributed by atoms with Crippen molar-refractivity contribution in [3.8, 4) is 0 Å². The zero-order valence-electron chi connectivity index (χ0n) is 8.37. The summed E-state index contributed by atoms with van der Waals surface area (Å²) in [7, 11) is 0. The van der Waals surface area contributed by atoms with E-state index in [1.54, 1.807) is 6.07 Å². The van der Waals surface area contributed by atoms with E-state index in [2.05, 4.69) is 4.98 Å². The summed E-state index contributed by atoms with van der Waals surface area (Å²) in [4.78, 5) is 14.0. The number of ether oxygens (including phenoxy) is 1. The van der Waals surface area contributed by atoms with E-state index in [9.17, 15) is 9.90 Å². The maximum absolute atomic E-state index is 11.5. The zero-order chi connectivity index (χ0) is 11.7. The van der Waals surface area contributed by atoms with E-state index in [1.165, 1.54) is 10.8 Å². The first-order chi connectivity index (χ1) is 7.61. The Labute approximate surface area is 96.1 Å². The molecule has 1 saturated heterocycles. The molecule has 0 aromatic carbocycles. The third-order valence-corrected chi connectivity index (χ3v) is 2.78. The van der Waals surface area contributed by atoms with Crippen LogP contribution in [0.3, 0.4) is 0 Å². The summed E-state index contributed by atoms with van der Waals surface area (Å²) in [5.74, 6) is 0. The highest BCUT2D eigenvalue weighted by Crippen LogP contribution is 2.26. The van der Waals surface area contributed by atoms with Gasteiger partial charge in [0.2, 0.25) is 0 Å². The fraction of sp³-hybridized carbons (Fsp3) is 0.556. The van der Waals surface area contributed by atoms with Gasteiger partial charge in [0.1, 0.15) is 17.0 Å². The Morgan fingerprint density at radius 1 is 1.69 bits per heavy atom. The molecule has 1 aliphatic heterocycles. The molecule has 3 atom stereocenters. The molecule has 0 saturated carbocycles. The third-order valence-electron chi connectivity index (χ3n) is 2.55. The number of aromatic amines is 1. The van der Waals surface area contributed by atoms with Crippen LogP contribution in [0.15, 0.2) is 17.1 Å². The van der Waals surface area contributed by atoms with Gasteiger partial charge in [0.05, 0.1) is 12.7 Å². The maximum atomic E-state index is 11.5. The van der Waals surface area contributed by atoms with Crippen molar-refractivity contribution in [2.75, 3.05) is 6.61 Å². The SMILES string of the molecule is O=c1[nH]c(=S)ccn1C1C[C@H](O)[C@@H](CO)O1. The lowest BCUT2D eigenvalue weighted by atomic mass is 10.2. The summed E-state index contributed by atoms with van der Waals surface area (Å²) in [5, 5.41) is 18.5. The van der Waals surface area contributed by atoms with E-state index in [4.69, 9.17) is 22.1 Å². The smallest absolute Gasteiger partial charge is 0.328 e. The Morgan fingerprint density at radius 2 is 2.44 bits per heavy atom. The Morgan fingerprint density at radius 3 is 3.00 bits per heavy atom. The highest BCUT2D eigenvalue weighted by atomic mass is 32.1. The summed E-state index contributed by atoms with van der Waals surface area (Å²) in [6, 6.07) is 1.57. The third kappa shape index (κ3) is 2.07. The van der Waals surface area contributed by atoms with Crippen molar-refractivity contribution in [1.82, 2.24) is 9.55 Å². The average molecular weight is 244 g/mol. The van der Waals surface area contributed by atoms with E-state index >= 15 is 0 Å². The van der Waals surface area contributed by atoms with E-state index in [-0.39, 0.29) is 18.7 Å². The maximum Gasteiger partial charge on any atom is 0.328 e. The summed E-state index contributed by atoms with van der Waals surface area (Å²) >= 11 is 4.80. The monoisotopic (exact) mass is 244 g/mol. The van der Waals surface area contributed by atoms with Gasteiger partial charge in [0.25, 0.3) is 0 Å². The quantitative estimate of drug-likeness (QED) is 0.613. The Balaban J connectivity index is 2.27. The molecule has 1 aromatic rings. The number of aromatic nitrogens is 2. The van der Waals surface area contributed by atoms with Gasteiger partial charge in [-0.3, -0.25) is 9.55 Å². The van der Waals surface area contributed by atoms with Crippen LogP contribution in [0.2, 0.25) is 0 Å². The first-order valence-electron chi connectivity index (χ1n) is 4.87. The number of hydrogen-bond donors (Lipinski definition) is 3. The molecule has 1 unspecified atom stereocenters. The van der Waals surface area contributed by atoms with Gasteiger partial charge in [-0.1, -0.05) is 12.2 Å². The number of aliphatic hydroxyl groups is 2. The molecule has 1 aromatic heterocycles. The second-order valence-corrected chi connectivity index (χ2v) is 4.07. The van der Waals surface area contributed by atoms with Gasteiger partial charge >= 0.3 is 5.69 Å².